The first-order valence-corrected chi connectivity index (χ1v) is 5.26. The summed E-state index contributed by atoms with van der Waals surface area (Å²) in [4.78, 5) is 11.4. The maximum atomic E-state index is 11.4. The topological polar surface area (TPSA) is 26.3 Å². The van der Waals surface area contributed by atoms with E-state index in [1.54, 1.807) is 0 Å². The summed E-state index contributed by atoms with van der Waals surface area (Å²) >= 11 is 0. The van der Waals surface area contributed by atoms with Crippen molar-refractivity contribution in [1.29, 1.82) is 0 Å². The van der Waals surface area contributed by atoms with Crippen LogP contribution in [-0.2, 0) is 9.53 Å². The average Bonchev–Trinajstić information content (AvgIpc) is 2.64. The molecule has 0 bridgehead atoms. The number of hydrogen-bond donors (Lipinski definition) is 0. The van der Waals surface area contributed by atoms with E-state index in [0.717, 1.165) is 11.5 Å². The molecule has 2 nitrogen and oxygen atoms in total. The highest BCUT2D eigenvalue weighted by atomic mass is 16.6. The van der Waals surface area contributed by atoms with Crippen LogP contribution in [0.3, 0.4) is 0 Å². The lowest BCUT2D eigenvalue weighted by atomic mass is 10.1. The zero-order valence-electron chi connectivity index (χ0n) is 9.59. The van der Waals surface area contributed by atoms with Crippen molar-refractivity contribution in [2.45, 2.75) is 52.6 Å². The van der Waals surface area contributed by atoms with E-state index in [9.17, 15) is 4.79 Å². The van der Waals surface area contributed by atoms with Gasteiger partial charge in [-0.3, -0.25) is 4.79 Å². The predicted molar refractivity (Wildman–Crippen MR) is 56.9 cm³/mol. The monoisotopic (exact) mass is 196 g/mol. The van der Waals surface area contributed by atoms with Crippen molar-refractivity contribution in [2.75, 3.05) is 0 Å². The third kappa shape index (κ3) is 5.05. The van der Waals surface area contributed by atoms with Crippen LogP contribution in [0.2, 0.25) is 0 Å². The van der Waals surface area contributed by atoms with Crippen LogP contribution < -0.4 is 0 Å². The number of rotatable bonds is 3. The lowest BCUT2D eigenvalue weighted by Gasteiger charge is -2.19. The normalized spacial score (nSPS) is 18.1. The van der Waals surface area contributed by atoms with Crippen molar-refractivity contribution < 1.29 is 9.53 Å². The van der Waals surface area contributed by atoms with E-state index in [4.69, 9.17) is 4.74 Å². The van der Waals surface area contributed by atoms with E-state index in [1.165, 1.54) is 12.8 Å². The van der Waals surface area contributed by atoms with E-state index >= 15 is 0 Å². The van der Waals surface area contributed by atoms with Crippen LogP contribution in [0.25, 0.3) is 0 Å². The lowest BCUT2D eigenvalue weighted by Crippen LogP contribution is -2.23. The summed E-state index contributed by atoms with van der Waals surface area (Å²) in [7, 11) is 0. The summed E-state index contributed by atoms with van der Waals surface area (Å²) in [6.45, 7) is 7.68. The summed E-state index contributed by atoms with van der Waals surface area (Å²) in [5.41, 5.74) is 0.776. The molecule has 1 fully saturated rings. The largest absolute Gasteiger partial charge is 0.460 e. The molecular weight excluding hydrogens is 176 g/mol. The highest BCUT2D eigenvalue weighted by Crippen LogP contribution is 2.31. The van der Waals surface area contributed by atoms with E-state index < -0.39 is 0 Å². The van der Waals surface area contributed by atoms with Gasteiger partial charge in [-0.1, -0.05) is 11.6 Å². The molecule has 1 rings (SSSR count). The number of ether oxygens (including phenoxy) is 1. The third-order valence-electron chi connectivity index (χ3n) is 1.99. The Morgan fingerprint density at radius 1 is 1.43 bits per heavy atom. The Kier molecular flexibility index (Phi) is 3.35. The van der Waals surface area contributed by atoms with Gasteiger partial charge in [-0.15, -0.1) is 0 Å². The Bertz CT molecular complexity index is 242. The zero-order valence-corrected chi connectivity index (χ0v) is 9.59. The summed E-state index contributed by atoms with van der Waals surface area (Å²) in [6, 6.07) is 0. The molecule has 0 unspecified atom stereocenters. The van der Waals surface area contributed by atoms with Crippen LogP contribution in [0.4, 0.5) is 0 Å². The molecule has 2 heteroatoms. The van der Waals surface area contributed by atoms with Crippen LogP contribution in [0.5, 0.6) is 0 Å². The Morgan fingerprint density at radius 3 is 2.43 bits per heavy atom. The first-order valence-electron chi connectivity index (χ1n) is 5.26. The molecule has 0 aromatic heterocycles. The lowest BCUT2D eigenvalue weighted by molar-refractivity contribution is -0.153. The van der Waals surface area contributed by atoms with Crippen LogP contribution in [-0.4, -0.2) is 11.6 Å². The van der Waals surface area contributed by atoms with Gasteiger partial charge in [0.15, 0.2) is 0 Å². The third-order valence-corrected chi connectivity index (χ3v) is 1.99. The fourth-order valence-electron chi connectivity index (χ4n) is 1.33. The van der Waals surface area contributed by atoms with Crippen molar-refractivity contribution in [3.63, 3.8) is 0 Å². The van der Waals surface area contributed by atoms with Crippen molar-refractivity contribution in [3.8, 4) is 0 Å². The fraction of sp³-hybridized carbons (Fsp3) is 0.750. The van der Waals surface area contributed by atoms with Gasteiger partial charge in [0, 0.05) is 0 Å². The van der Waals surface area contributed by atoms with E-state index in [-0.39, 0.29) is 11.6 Å². The second-order valence-corrected chi connectivity index (χ2v) is 5.11. The van der Waals surface area contributed by atoms with Gasteiger partial charge in [0.25, 0.3) is 0 Å². The molecule has 1 saturated carbocycles. The van der Waals surface area contributed by atoms with E-state index in [2.05, 4.69) is 6.08 Å². The van der Waals surface area contributed by atoms with Crippen LogP contribution in [0.15, 0.2) is 11.6 Å². The fourth-order valence-corrected chi connectivity index (χ4v) is 1.33. The zero-order chi connectivity index (χ0) is 10.8. The molecule has 0 aromatic rings. The second-order valence-electron chi connectivity index (χ2n) is 5.11. The minimum Gasteiger partial charge on any atom is -0.460 e. The first kappa shape index (κ1) is 11.3. The predicted octanol–water partition coefficient (Wildman–Crippen LogP) is 3.07. The first-order chi connectivity index (χ1) is 6.37. The standard InChI is InChI=1S/C12H20O2/c1-9(7-10-5-6-10)8-11(13)14-12(2,3)4/h7,10H,5-6,8H2,1-4H3. The van der Waals surface area contributed by atoms with Gasteiger partial charge >= 0.3 is 5.97 Å². The second kappa shape index (κ2) is 4.16. The smallest absolute Gasteiger partial charge is 0.310 e. The Morgan fingerprint density at radius 2 is 2.00 bits per heavy atom. The maximum Gasteiger partial charge on any atom is 0.310 e. The summed E-state index contributed by atoms with van der Waals surface area (Å²) in [5, 5.41) is 0. The molecule has 0 spiro atoms. The number of allylic oxidation sites excluding steroid dienone is 1. The molecule has 1 aliphatic carbocycles. The molecular formula is C12H20O2. The molecule has 0 heterocycles. The Hall–Kier alpha value is -0.790. The Balaban J connectivity index is 2.32. The van der Waals surface area contributed by atoms with Gasteiger partial charge in [0.05, 0.1) is 6.42 Å². The summed E-state index contributed by atoms with van der Waals surface area (Å²) < 4.78 is 5.23. The van der Waals surface area contributed by atoms with Gasteiger partial charge < -0.3 is 4.74 Å². The van der Waals surface area contributed by atoms with Gasteiger partial charge in [-0.05, 0) is 46.5 Å². The summed E-state index contributed by atoms with van der Waals surface area (Å²) in [5.74, 6) is 0.615. The molecule has 0 atom stereocenters. The molecule has 0 radical (unpaired) electrons. The highest BCUT2D eigenvalue weighted by Gasteiger charge is 2.20. The van der Waals surface area contributed by atoms with Gasteiger partial charge in [0.1, 0.15) is 5.60 Å². The van der Waals surface area contributed by atoms with Crippen LogP contribution in [0.1, 0.15) is 47.0 Å². The van der Waals surface area contributed by atoms with Crippen LogP contribution in [0, 0.1) is 5.92 Å². The minimum absolute atomic E-state index is 0.119. The van der Waals surface area contributed by atoms with Crippen molar-refractivity contribution in [2.24, 2.45) is 5.92 Å². The highest BCUT2D eigenvalue weighted by molar-refractivity contribution is 5.72. The molecule has 0 N–H and O–H groups in total. The number of hydrogen-bond acceptors (Lipinski definition) is 2. The minimum atomic E-state index is -0.364. The maximum absolute atomic E-state index is 11.4. The van der Waals surface area contributed by atoms with Crippen molar-refractivity contribution in [1.82, 2.24) is 0 Å². The number of carbonyl (C=O) groups is 1. The SMILES string of the molecule is CC(=CC1CC1)CC(=O)OC(C)(C)C. The average molecular weight is 196 g/mol. The number of esters is 1. The molecule has 0 aliphatic heterocycles. The number of carbonyl (C=O) groups excluding carboxylic acids is 1. The molecule has 0 aromatic carbocycles. The van der Waals surface area contributed by atoms with Crippen LogP contribution >= 0.6 is 0 Å². The Labute approximate surface area is 86.3 Å². The molecule has 80 valence electrons. The van der Waals surface area contributed by atoms with Crippen molar-refractivity contribution in [3.05, 3.63) is 11.6 Å². The molecule has 1 aliphatic rings. The van der Waals surface area contributed by atoms with Crippen molar-refractivity contribution >= 4 is 5.97 Å². The van der Waals surface area contributed by atoms with Gasteiger partial charge in [-0.2, -0.15) is 0 Å². The molecule has 14 heavy (non-hydrogen) atoms. The molecule has 0 amide bonds. The molecule has 0 saturated heterocycles. The van der Waals surface area contributed by atoms with Gasteiger partial charge in [-0.25, -0.2) is 0 Å². The van der Waals surface area contributed by atoms with Gasteiger partial charge in [0.2, 0.25) is 0 Å². The van der Waals surface area contributed by atoms with E-state index in [0.29, 0.717) is 6.42 Å². The quantitative estimate of drug-likeness (QED) is 0.512. The summed E-state index contributed by atoms with van der Waals surface area (Å²) in [6.07, 6.45) is 5.20. The van der Waals surface area contributed by atoms with E-state index in [1.807, 2.05) is 27.7 Å².